The summed E-state index contributed by atoms with van der Waals surface area (Å²) in [6.45, 7) is 9.09. The zero-order valence-corrected chi connectivity index (χ0v) is 10.9. The van der Waals surface area contributed by atoms with Gasteiger partial charge in [0.25, 0.3) is 0 Å². The van der Waals surface area contributed by atoms with Crippen LogP contribution in [0.25, 0.3) is 0 Å². The number of piperazine rings is 1. The van der Waals surface area contributed by atoms with E-state index < -0.39 is 0 Å². The number of amides is 1. The van der Waals surface area contributed by atoms with Gasteiger partial charge >= 0.3 is 0 Å². The Bertz CT molecular complexity index is 277. The molecule has 4 atom stereocenters. The minimum atomic E-state index is -0.0843. The number of nitrogens with zero attached hydrogens (tertiary/aromatic N) is 1. The average molecular weight is 241 g/mol. The SMILES string of the molecule is CC1CNC(C(=O)N2CC(C)OCC2C)CN1. The average Bonchev–Trinajstić information content (AvgIpc) is 2.32. The van der Waals surface area contributed by atoms with Gasteiger partial charge in [-0.05, 0) is 20.8 Å². The number of rotatable bonds is 1. The van der Waals surface area contributed by atoms with Crippen molar-refractivity contribution in [2.75, 3.05) is 26.2 Å². The smallest absolute Gasteiger partial charge is 0.241 e. The Kier molecular flexibility index (Phi) is 4.01. The third-order valence-electron chi connectivity index (χ3n) is 3.53. The van der Waals surface area contributed by atoms with E-state index in [0.29, 0.717) is 19.2 Å². The van der Waals surface area contributed by atoms with Gasteiger partial charge in [0.2, 0.25) is 5.91 Å². The normalized spacial score (nSPS) is 39.1. The number of carbonyl (C=O) groups excluding carboxylic acids is 1. The lowest BCUT2D eigenvalue weighted by Gasteiger charge is -2.40. The number of carbonyl (C=O) groups is 1. The van der Waals surface area contributed by atoms with Crippen LogP contribution in [0.5, 0.6) is 0 Å². The summed E-state index contributed by atoms with van der Waals surface area (Å²) in [5, 5.41) is 6.64. The molecule has 98 valence electrons. The molecular weight excluding hydrogens is 218 g/mol. The van der Waals surface area contributed by atoms with E-state index in [9.17, 15) is 4.79 Å². The highest BCUT2D eigenvalue weighted by Gasteiger charge is 2.33. The van der Waals surface area contributed by atoms with Crippen LogP contribution in [0.4, 0.5) is 0 Å². The number of morpholine rings is 1. The summed E-state index contributed by atoms with van der Waals surface area (Å²) < 4.78 is 5.54. The van der Waals surface area contributed by atoms with Crippen molar-refractivity contribution >= 4 is 5.91 Å². The molecule has 0 spiro atoms. The maximum atomic E-state index is 12.4. The lowest BCUT2D eigenvalue weighted by atomic mass is 10.1. The Morgan fingerprint density at radius 2 is 2.00 bits per heavy atom. The van der Waals surface area contributed by atoms with Gasteiger partial charge in [0, 0.05) is 25.7 Å². The fraction of sp³-hybridized carbons (Fsp3) is 0.917. The van der Waals surface area contributed by atoms with Crippen LogP contribution in [0.3, 0.4) is 0 Å². The summed E-state index contributed by atoms with van der Waals surface area (Å²) >= 11 is 0. The number of hydrogen-bond acceptors (Lipinski definition) is 4. The molecule has 2 aliphatic rings. The number of hydrogen-bond donors (Lipinski definition) is 2. The molecule has 5 heteroatoms. The predicted octanol–water partition coefficient (Wildman–Crippen LogP) is -0.428. The highest BCUT2D eigenvalue weighted by Crippen LogP contribution is 2.13. The van der Waals surface area contributed by atoms with Gasteiger partial charge in [0.15, 0.2) is 0 Å². The zero-order valence-electron chi connectivity index (χ0n) is 10.9. The van der Waals surface area contributed by atoms with Crippen molar-refractivity contribution in [3.8, 4) is 0 Å². The second-order valence-electron chi connectivity index (χ2n) is 5.25. The van der Waals surface area contributed by atoms with Crippen molar-refractivity contribution in [1.29, 1.82) is 0 Å². The molecule has 1 amide bonds. The first-order valence-corrected chi connectivity index (χ1v) is 6.46. The molecule has 2 rings (SSSR count). The molecule has 17 heavy (non-hydrogen) atoms. The van der Waals surface area contributed by atoms with Crippen molar-refractivity contribution in [1.82, 2.24) is 15.5 Å². The molecule has 2 heterocycles. The van der Waals surface area contributed by atoms with Crippen molar-refractivity contribution < 1.29 is 9.53 Å². The van der Waals surface area contributed by atoms with E-state index in [1.165, 1.54) is 0 Å². The van der Waals surface area contributed by atoms with Crippen molar-refractivity contribution in [3.05, 3.63) is 0 Å². The number of ether oxygens (including phenoxy) is 1. The van der Waals surface area contributed by atoms with Crippen molar-refractivity contribution in [3.63, 3.8) is 0 Å². The summed E-state index contributed by atoms with van der Waals surface area (Å²) in [5.74, 6) is 0.201. The number of nitrogens with one attached hydrogen (secondary N) is 2. The molecular formula is C12H23N3O2. The highest BCUT2D eigenvalue weighted by atomic mass is 16.5. The minimum Gasteiger partial charge on any atom is -0.375 e. The molecule has 4 unspecified atom stereocenters. The van der Waals surface area contributed by atoms with E-state index in [1.807, 2.05) is 18.7 Å². The molecule has 2 aliphatic heterocycles. The molecule has 0 bridgehead atoms. The monoisotopic (exact) mass is 241 g/mol. The maximum absolute atomic E-state index is 12.4. The van der Waals surface area contributed by atoms with Gasteiger partial charge in [-0.15, -0.1) is 0 Å². The van der Waals surface area contributed by atoms with Crippen LogP contribution < -0.4 is 10.6 Å². The van der Waals surface area contributed by atoms with Gasteiger partial charge in [-0.3, -0.25) is 4.79 Å². The Hall–Kier alpha value is -0.650. The molecule has 2 fully saturated rings. The van der Waals surface area contributed by atoms with Gasteiger partial charge in [0.05, 0.1) is 24.8 Å². The molecule has 2 N–H and O–H groups in total. The second-order valence-corrected chi connectivity index (χ2v) is 5.25. The largest absolute Gasteiger partial charge is 0.375 e. The van der Waals surface area contributed by atoms with E-state index in [-0.39, 0.29) is 24.1 Å². The quantitative estimate of drug-likeness (QED) is 0.654. The van der Waals surface area contributed by atoms with Crippen LogP contribution in [-0.4, -0.2) is 61.3 Å². The van der Waals surface area contributed by atoms with Crippen LogP contribution in [0.2, 0.25) is 0 Å². The highest BCUT2D eigenvalue weighted by molar-refractivity contribution is 5.82. The summed E-state index contributed by atoms with van der Waals surface area (Å²) in [6.07, 6.45) is 0.144. The Balaban J connectivity index is 1.94. The molecule has 0 aromatic carbocycles. The van der Waals surface area contributed by atoms with Gasteiger partial charge < -0.3 is 20.3 Å². The first-order chi connectivity index (χ1) is 8.08. The van der Waals surface area contributed by atoms with Gasteiger partial charge in [-0.25, -0.2) is 0 Å². The lowest BCUT2D eigenvalue weighted by Crippen LogP contribution is -2.62. The maximum Gasteiger partial charge on any atom is 0.241 e. The molecule has 0 aromatic rings. The molecule has 0 aliphatic carbocycles. The summed E-state index contributed by atoms with van der Waals surface area (Å²) in [5.41, 5.74) is 0. The Labute approximate surface area is 103 Å². The summed E-state index contributed by atoms with van der Waals surface area (Å²) in [4.78, 5) is 14.3. The summed E-state index contributed by atoms with van der Waals surface area (Å²) in [7, 11) is 0. The van der Waals surface area contributed by atoms with Crippen molar-refractivity contribution in [2.45, 2.75) is 45.0 Å². The molecule has 0 aromatic heterocycles. The molecule has 2 saturated heterocycles. The van der Waals surface area contributed by atoms with Gasteiger partial charge in [-0.1, -0.05) is 0 Å². The summed E-state index contributed by atoms with van der Waals surface area (Å²) in [6, 6.07) is 0.541. The molecule has 0 saturated carbocycles. The van der Waals surface area contributed by atoms with Crippen molar-refractivity contribution in [2.24, 2.45) is 0 Å². The van der Waals surface area contributed by atoms with E-state index in [4.69, 9.17) is 4.74 Å². The van der Waals surface area contributed by atoms with E-state index in [1.54, 1.807) is 0 Å². The molecule has 0 radical (unpaired) electrons. The standard InChI is InChI=1S/C12H23N3O2/c1-8-4-14-11(5-13-8)12(16)15-6-10(3)17-7-9(15)2/h8-11,13-14H,4-7H2,1-3H3. The topological polar surface area (TPSA) is 53.6 Å². The lowest BCUT2D eigenvalue weighted by molar-refractivity contribution is -0.145. The Morgan fingerprint density at radius 1 is 1.24 bits per heavy atom. The van der Waals surface area contributed by atoms with Crippen LogP contribution in [0, 0.1) is 0 Å². The van der Waals surface area contributed by atoms with E-state index in [2.05, 4.69) is 17.6 Å². The fourth-order valence-corrected chi connectivity index (χ4v) is 2.37. The minimum absolute atomic E-state index is 0.0843. The van der Waals surface area contributed by atoms with Crippen LogP contribution >= 0.6 is 0 Å². The first-order valence-electron chi connectivity index (χ1n) is 6.46. The molecule has 5 nitrogen and oxygen atoms in total. The van der Waals surface area contributed by atoms with E-state index >= 15 is 0 Å². The fourth-order valence-electron chi connectivity index (χ4n) is 2.37. The van der Waals surface area contributed by atoms with Gasteiger partial charge in [-0.2, -0.15) is 0 Å². The third kappa shape index (κ3) is 2.97. The predicted molar refractivity (Wildman–Crippen MR) is 65.8 cm³/mol. The van der Waals surface area contributed by atoms with Crippen LogP contribution in [-0.2, 0) is 9.53 Å². The van der Waals surface area contributed by atoms with E-state index in [0.717, 1.165) is 13.1 Å². The first kappa shape index (κ1) is 12.8. The zero-order chi connectivity index (χ0) is 12.4. The van der Waals surface area contributed by atoms with Gasteiger partial charge in [0.1, 0.15) is 0 Å². The van der Waals surface area contributed by atoms with Crippen LogP contribution in [0.15, 0.2) is 0 Å². The Morgan fingerprint density at radius 3 is 2.65 bits per heavy atom. The third-order valence-corrected chi connectivity index (χ3v) is 3.53. The second kappa shape index (κ2) is 5.33. The van der Waals surface area contributed by atoms with Crippen LogP contribution in [0.1, 0.15) is 20.8 Å².